The smallest absolute Gasteiger partial charge is 0.274 e. The van der Waals surface area contributed by atoms with Crippen LogP contribution < -0.4 is 10.6 Å². The lowest BCUT2D eigenvalue weighted by Gasteiger charge is -2.10. The number of rotatable bonds is 4. The van der Waals surface area contributed by atoms with Gasteiger partial charge in [-0.05, 0) is 56.7 Å². The number of halogens is 1. The van der Waals surface area contributed by atoms with Gasteiger partial charge in [0.15, 0.2) is 0 Å². The van der Waals surface area contributed by atoms with Gasteiger partial charge in [0.05, 0.1) is 0 Å². The van der Waals surface area contributed by atoms with Gasteiger partial charge in [-0.15, -0.1) is 0 Å². The fourth-order valence-electron chi connectivity index (χ4n) is 2.37. The Morgan fingerprint density at radius 3 is 2.31 bits per heavy atom. The molecule has 26 heavy (non-hydrogen) atoms. The molecule has 0 saturated carbocycles. The molecule has 0 radical (unpaired) electrons. The topological polar surface area (TPSA) is 66.9 Å². The van der Waals surface area contributed by atoms with Crippen LogP contribution in [0, 0.1) is 20.8 Å². The molecule has 0 fully saturated rings. The van der Waals surface area contributed by atoms with Gasteiger partial charge in [0.2, 0.25) is 5.95 Å². The number of carbonyl (C=O) groups is 1. The molecule has 3 rings (SSSR count). The highest BCUT2D eigenvalue weighted by molar-refractivity contribution is 6.31. The van der Waals surface area contributed by atoms with E-state index < -0.39 is 0 Å². The van der Waals surface area contributed by atoms with Crippen LogP contribution >= 0.6 is 11.6 Å². The van der Waals surface area contributed by atoms with Gasteiger partial charge in [-0.3, -0.25) is 4.79 Å². The predicted molar refractivity (Wildman–Crippen MR) is 105 cm³/mol. The Morgan fingerprint density at radius 1 is 0.923 bits per heavy atom. The number of hydrogen-bond donors (Lipinski definition) is 2. The lowest BCUT2D eigenvalue weighted by atomic mass is 10.2. The number of benzene rings is 2. The minimum absolute atomic E-state index is 0.281. The molecule has 0 aliphatic heterocycles. The van der Waals surface area contributed by atoms with Gasteiger partial charge >= 0.3 is 0 Å². The third-order valence-electron chi connectivity index (χ3n) is 3.82. The number of nitrogens with zero attached hydrogens (tertiary/aromatic N) is 2. The summed E-state index contributed by atoms with van der Waals surface area (Å²) >= 11 is 6.11. The van der Waals surface area contributed by atoms with Gasteiger partial charge in [-0.1, -0.05) is 35.4 Å². The zero-order valence-electron chi connectivity index (χ0n) is 14.8. The lowest BCUT2D eigenvalue weighted by Crippen LogP contribution is -2.15. The number of anilines is 3. The Morgan fingerprint density at radius 2 is 1.62 bits per heavy atom. The van der Waals surface area contributed by atoms with Gasteiger partial charge in [0, 0.05) is 22.1 Å². The Labute approximate surface area is 157 Å². The van der Waals surface area contributed by atoms with Crippen LogP contribution in [0.2, 0.25) is 5.02 Å². The maximum absolute atomic E-state index is 12.5. The molecular weight excluding hydrogens is 348 g/mol. The molecule has 0 saturated heterocycles. The first kappa shape index (κ1) is 17.9. The molecule has 3 aromatic rings. The van der Waals surface area contributed by atoms with Crippen molar-refractivity contribution in [3.05, 3.63) is 76.1 Å². The van der Waals surface area contributed by atoms with Crippen LogP contribution in [0.25, 0.3) is 0 Å². The van der Waals surface area contributed by atoms with E-state index in [0.717, 1.165) is 16.8 Å². The van der Waals surface area contributed by atoms with E-state index in [4.69, 9.17) is 11.6 Å². The second kappa shape index (κ2) is 7.54. The number of amides is 1. The molecular formula is C20H19ClN4O. The normalized spacial score (nSPS) is 10.5. The van der Waals surface area contributed by atoms with E-state index in [-0.39, 0.29) is 11.6 Å². The van der Waals surface area contributed by atoms with Gasteiger partial charge in [-0.2, -0.15) is 0 Å². The molecule has 2 aromatic carbocycles. The third kappa shape index (κ3) is 4.37. The fraction of sp³-hybridized carbons (Fsp3) is 0.150. The molecule has 0 aliphatic carbocycles. The molecule has 0 unspecified atom stereocenters. The highest BCUT2D eigenvalue weighted by Gasteiger charge is 2.12. The molecule has 5 nitrogen and oxygen atoms in total. The molecule has 2 N–H and O–H groups in total. The molecule has 1 amide bonds. The van der Waals surface area contributed by atoms with E-state index >= 15 is 0 Å². The summed E-state index contributed by atoms with van der Waals surface area (Å²) in [5.41, 5.74) is 4.57. The van der Waals surface area contributed by atoms with Crippen molar-refractivity contribution in [2.75, 3.05) is 10.6 Å². The Hall–Kier alpha value is -2.92. The van der Waals surface area contributed by atoms with E-state index in [9.17, 15) is 4.79 Å². The minimum Gasteiger partial charge on any atom is -0.324 e. The number of nitrogens with one attached hydrogen (secondary N) is 2. The van der Waals surface area contributed by atoms with Crippen molar-refractivity contribution in [3.8, 4) is 0 Å². The molecule has 132 valence electrons. The SMILES string of the molecule is Cc1ccc(Nc2nc(C)cc(C(=O)Nc3ccc(C)c(Cl)c3)n2)cc1. The molecule has 0 bridgehead atoms. The Balaban J connectivity index is 1.80. The zero-order valence-corrected chi connectivity index (χ0v) is 15.6. The first-order valence-electron chi connectivity index (χ1n) is 8.17. The van der Waals surface area contributed by atoms with Crippen LogP contribution in [0.4, 0.5) is 17.3 Å². The van der Waals surface area contributed by atoms with Crippen molar-refractivity contribution in [1.82, 2.24) is 9.97 Å². The van der Waals surface area contributed by atoms with Crippen LogP contribution in [0.15, 0.2) is 48.5 Å². The zero-order chi connectivity index (χ0) is 18.7. The average molecular weight is 367 g/mol. The molecule has 0 aliphatic rings. The van der Waals surface area contributed by atoms with Gasteiger partial charge in [0.1, 0.15) is 5.69 Å². The highest BCUT2D eigenvalue weighted by atomic mass is 35.5. The monoisotopic (exact) mass is 366 g/mol. The Kier molecular flexibility index (Phi) is 5.19. The van der Waals surface area contributed by atoms with Gasteiger partial charge in [-0.25, -0.2) is 9.97 Å². The van der Waals surface area contributed by atoms with E-state index in [2.05, 4.69) is 20.6 Å². The number of aryl methyl sites for hydroxylation is 3. The van der Waals surface area contributed by atoms with Crippen LogP contribution in [-0.4, -0.2) is 15.9 Å². The van der Waals surface area contributed by atoms with E-state index in [1.807, 2.05) is 51.1 Å². The summed E-state index contributed by atoms with van der Waals surface area (Å²) < 4.78 is 0. The number of hydrogen-bond acceptors (Lipinski definition) is 4. The van der Waals surface area contributed by atoms with Crippen molar-refractivity contribution in [1.29, 1.82) is 0 Å². The fourth-order valence-corrected chi connectivity index (χ4v) is 2.55. The van der Waals surface area contributed by atoms with Crippen LogP contribution in [-0.2, 0) is 0 Å². The standard InChI is InChI=1S/C20H19ClN4O/c1-12-4-7-15(8-5-12)24-20-22-14(3)10-18(25-20)19(26)23-16-9-6-13(2)17(21)11-16/h4-11H,1-3H3,(H,23,26)(H,22,24,25). The third-order valence-corrected chi connectivity index (χ3v) is 4.23. The quantitative estimate of drug-likeness (QED) is 0.678. The lowest BCUT2D eigenvalue weighted by molar-refractivity contribution is 0.102. The summed E-state index contributed by atoms with van der Waals surface area (Å²) in [6.45, 7) is 5.75. The first-order chi connectivity index (χ1) is 12.4. The van der Waals surface area contributed by atoms with Gasteiger partial charge < -0.3 is 10.6 Å². The number of aromatic nitrogens is 2. The second-order valence-corrected chi connectivity index (χ2v) is 6.53. The summed E-state index contributed by atoms with van der Waals surface area (Å²) in [5, 5.41) is 6.54. The van der Waals surface area contributed by atoms with Crippen LogP contribution in [0.5, 0.6) is 0 Å². The van der Waals surface area contributed by atoms with Crippen LogP contribution in [0.3, 0.4) is 0 Å². The summed E-state index contributed by atoms with van der Waals surface area (Å²) in [6.07, 6.45) is 0. The maximum atomic E-state index is 12.5. The van der Waals surface area contributed by atoms with E-state index in [1.54, 1.807) is 18.2 Å². The molecule has 6 heteroatoms. The van der Waals surface area contributed by atoms with Crippen molar-refractivity contribution in [3.63, 3.8) is 0 Å². The summed E-state index contributed by atoms with van der Waals surface area (Å²) in [4.78, 5) is 21.2. The van der Waals surface area contributed by atoms with E-state index in [1.165, 1.54) is 0 Å². The Bertz CT molecular complexity index is 955. The number of carbonyl (C=O) groups excluding carboxylic acids is 1. The predicted octanol–water partition coefficient (Wildman–Crippen LogP) is 5.05. The molecule has 0 spiro atoms. The molecule has 0 atom stereocenters. The highest BCUT2D eigenvalue weighted by Crippen LogP contribution is 2.21. The van der Waals surface area contributed by atoms with Crippen molar-refractivity contribution in [2.24, 2.45) is 0 Å². The van der Waals surface area contributed by atoms with Crippen molar-refractivity contribution >= 4 is 34.8 Å². The van der Waals surface area contributed by atoms with Crippen molar-refractivity contribution < 1.29 is 4.79 Å². The molecule has 1 aromatic heterocycles. The van der Waals surface area contributed by atoms with Gasteiger partial charge in [0.25, 0.3) is 5.91 Å². The summed E-state index contributed by atoms with van der Waals surface area (Å²) in [6, 6.07) is 14.9. The van der Waals surface area contributed by atoms with Crippen molar-refractivity contribution in [2.45, 2.75) is 20.8 Å². The van der Waals surface area contributed by atoms with E-state index in [0.29, 0.717) is 22.4 Å². The second-order valence-electron chi connectivity index (χ2n) is 6.13. The largest absolute Gasteiger partial charge is 0.324 e. The summed E-state index contributed by atoms with van der Waals surface area (Å²) in [7, 11) is 0. The maximum Gasteiger partial charge on any atom is 0.274 e. The van der Waals surface area contributed by atoms with Crippen LogP contribution in [0.1, 0.15) is 27.3 Å². The first-order valence-corrected chi connectivity index (χ1v) is 8.55. The minimum atomic E-state index is -0.317. The molecule has 1 heterocycles. The summed E-state index contributed by atoms with van der Waals surface area (Å²) in [5.74, 6) is 0.0586. The average Bonchev–Trinajstić information content (AvgIpc) is 2.60.